The fraction of sp³-hybridized carbons (Fsp3) is 0.792. The molecule has 0 fully saturated rings. The second-order valence-electron chi connectivity index (χ2n) is 15.6. The van der Waals surface area contributed by atoms with Crippen molar-refractivity contribution in [2.75, 3.05) is 13.2 Å². The normalized spacial score (nSPS) is 13.8. The molecule has 2 unspecified atom stereocenters. The van der Waals surface area contributed by atoms with Crippen LogP contribution < -0.4 is 0 Å². The fourth-order valence-electron chi connectivity index (χ4n) is 6.37. The SMILES string of the molecule is CCCCC/C=C\C/C=C\CC(O)/C=C\C=C\CCCC(=O)O[C@@H](CO)COC(=O)CCCCCCCCCCCCCCCCCCCCC(C)CC. The van der Waals surface area contributed by atoms with Gasteiger partial charge < -0.3 is 19.7 Å². The van der Waals surface area contributed by atoms with Crippen LogP contribution in [0.5, 0.6) is 0 Å². The highest BCUT2D eigenvalue weighted by Crippen LogP contribution is 2.17. The lowest BCUT2D eigenvalue weighted by Gasteiger charge is -2.15. The summed E-state index contributed by atoms with van der Waals surface area (Å²) >= 11 is 0. The second-order valence-corrected chi connectivity index (χ2v) is 15.6. The van der Waals surface area contributed by atoms with Gasteiger partial charge >= 0.3 is 11.9 Å². The molecule has 3 atom stereocenters. The summed E-state index contributed by atoms with van der Waals surface area (Å²) in [5, 5.41) is 19.6. The maximum absolute atomic E-state index is 12.2. The quantitative estimate of drug-likeness (QED) is 0.0280. The maximum atomic E-state index is 12.2. The van der Waals surface area contributed by atoms with Gasteiger partial charge in [-0.2, -0.15) is 0 Å². The maximum Gasteiger partial charge on any atom is 0.306 e. The van der Waals surface area contributed by atoms with Gasteiger partial charge in [-0.15, -0.1) is 0 Å². The summed E-state index contributed by atoms with van der Waals surface area (Å²) < 4.78 is 10.6. The third kappa shape index (κ3) is 39.5. The van der Waals surface area contributed by atoms with E-state index < -0.39 is 18.2 Å². The van der Waals surface area contributed by atoms with Gasteiger partial charge in [0.1, 0.15) is 6.61 Å². The molecule has 0 radical (unpaired) electrons. The molecule has 0 aromatic carbocycles. The van der Waals surface area contributed by atoms with Crippen LogP contribution in [0.2, 0.25) is 0 Å². The lowest BCUT2D eigenvalue weighted by Crippen LogP contribution is -2.28. The Hall–Kier alpha value is -2.18. The Labute approximate surface area is 333 Å². The minimum absolute atomic E-state index is 0.113. The Kier molecular flexibility index (Phi) is 40.3. The lowest BCUT2D eigenvalue weighted by molar-refractivity contribution is -0.161. The smallest absolute Gasteiger partial charge is 0.306 e. The Morgan fingerprint density at radius 2 is 1.13 bits per heavy atom. The van der Waals surface area contributed by atoms with Crippen LogP contribution in [0.25, 0.3) is 0 Å². The fourth-order valence-corrected chi connectivity index (χ4v) is 6.37. The van der Waals surface area contributed by atoms with Gasteiger partial charge in [0.2, 0.25) is 0 Å². The Morgan fingerprint density at radius 1 is 0.593 bits per heavy atom. The van der Waals surface area contributed by atoms with Crippen molar-refractivity contribution < 1.29 is 29.3 Å². The minimum atomic E-state index is -0.832. The van der Waals surface area contributed by atoms with Crippen LogP contribution >= 0.6 is 0 Å². The van der Waals surface area contributed by atoms with E-state index in [1.165, 1.54) is 128 Å². The van der Waals surface area contributed by atoms with Crippen LogP contribution in [0, 0.1) is 5.92 Å². The zero-order chi connectivity index (χ0) is 39.6. The Bertz CT molecular complexity index is 937. The molecule has 0 saturated carbocycles. The average molecular weight is 759 g/mol. The summed E-state index contributed by atoms with van der Waals surface area (Å²) in [4.78, 5) is 24.3. The molecule has 0 aliphatic heterocycles. The van der Waals surface area contributed by atoms with E-state index in [4.69, 9.17) is 9.47 Å². The number of rotatable bonds is 40. The van der Waals surface area contributed by atoms with E-state index in [0.29, 0.717) is 25.7 Å². The predicted molar refractivity (Wildman–Crippen MR) is 230 cm³/mol. The number of aliphatic hydroxyl groups is 2. The van der Waals surface area contributed by atoms with E-state index >= 15 is 0 Å². The van der Waals surface area contributed by atoms with Crippen LogP contribution in [0.4, 0.5) is 0 Å². The zero-order valence-electron chi connectivity index (χ0n) is 35.5. The van der Waals surface area contributed by atoms with Crippen LogP contribution in [-0.4, -0.2) is 47.6 Å². The molecule has 314 valence electrons. The van der Waals surface area contributed by atoms with Crippen LogP contribution in [0.15, 0.2) is 48.6 Å². The summed E-state index contributed by atoms with van der Waals surface area (Å²) in [5.74, 6) is 0.193. The largest absolute Gasteiger partial charge is 0.462 e. The molecule has 2 N–H and O–H groups in total. The summed E-state index contributed by atoms with van der Waals surface area (Å²) in [6, 6.07) is 0. The molecule has 0 spiro atoms. The van der Waals surface area contributed by atoms with Crippen molar-refractivity contribution >= 4 is 11.9 Å². The molecule has 54 heavy (non-hydrogen) atoms. The highest BCUT2D eigenvalue weighted by atomic mass is 16.6. The van der Waals surface area contributed by atoms with Gasteiger partial charge in [-0.3, -0.25) is 9.59 Å². The summed E-state index contributed by atoms with van der Waals surface area (Å²) in [6.07, 6.45) is 49.2. The number of esters is 2. The van der Waals surface area contributed by atoms with E-state index in [1.54, 1.807) is 6.08 Å². The molecule has 0 saturated heterocycles. The summed E-state index contributed by atoms with van der Waals surface area (Å²) in [7, 11) is 0. The molecule has 0 aromatic rings. The van der Waals surface area contributed by atoms with Gasteiger partial charge in [0.25, 0.3) is 0 Å². The second kappa shape index (κ2) is 42.0. The van der Waals surface area contributed by atoms with Gasteiger partial charge in [-0.05, 0) is 50.9 Å². The van der Waals surface area contributed by atoms with E-state index in [-0.39, 0.29) is 25.6 Å². The van der Waals surface area contributed by atoms with Crippen molar-refractivity contribution in [1.29, 1.82) is 0 Å². The van der Waals surface area contributed by atoms with E-state index in [2.05, 4.69) is 39.0 Å². The molecule has 6 heteroatoms. The number of aliphatic hydroxyl groups excluding tert-OH is 2. The first-order chi connectivity index (χ1) is 26.4. The molecule has 0 heterocycles. The standard InChI is InChI=1S/C48H86O6/c1-4-6-7-8-9-20-24-28-33-38-45(50)39-34-29-26-31-36-41-48(52)54-46(42-49)43-53-47(51)40-35-30-25-22-19-17-15-13-11-10-12-14-16-18-21-23-27-32-37-44(3)5-2/h9,20,26,28-29,33-34,39,44-46,49-50H,4-8,10-19,21-25,27,30-32,35-38,40-43H2,1-3H3/b20-9-,29-26+,33-28-,39-34-/t44?,45?,46-/m0/s1. The molecule has 0 aromatic heterocycles. The van der Waals surface area contributed by atoms with Gasteiger partial charge in [-0.1, -0.05) is 204 Å². The van der Waals surface area contributed by atoms with Crippen molar-refractivity contribution in [2.45, 2.75) is 226 Å². The van der Waals surface area contributed by atoms with Crippen LogP contribution in [-0.2, 0) is 19.1 Å². The molecule has 0 bridgehead atoms. The first-order valence-electron chi connectivity index (χ1n) is 22.7. The topological polar surface area (TPSA) is 93.1 Å². The lowest BCUT2D eigenvalue weighted by atomic mass is 9.99. The van der Waals surface area contributed by atoms with E-state index in [0.717, 1.165) is 38.0 Å². The summed E-state index contributed by atoms with van der Waals surface area (Å²) in [5.41, 5.74) is 0. The van der Waals surface area contributed by atoms with Gasteiger partial charge in [0.05, 0.1) is 12.7 Å². The monoisotopic (exact) mass is 759 g/mol. The molecule has 0 aliphatic carbocycles. The van der Waals surface area contributed by atoms with Crippen molar-refractivity contribution in [3.8, 4) is 0 Å². The van der Waals surface area contributed by atoms with Crippen molar-refractivity contribution in [3.63, 3.8) is 0 Å². The molecule has 0 amide bonds. The van der Waals surface area contributed by atoms with Gasteiger partial charge in [0.15, 0.2) is 6.10 Å². The molecule has 6 nitrogen and oxygen atoms in total. The Morgan fingerprint density at radius 3 is 1.70 bits per heavy atom. The summed E-state index contributed by atoms with van der Waals surface area (Å²) in [6.45, 7) is 6.40. The number of ether oxygens (including phenoxy) is 2. The first kappa shape index (κ1) is 51.8. The number of hydrogen-bond donors (Lipinski definition) is 2. The molecular formula is C48H86O6. The van der Waals surface area contributed by atoms with Crippen LogP contribution in [0.3, 0.4) is 0 Å². The number of carbonyl (C=O) groups is 2. The van der Waals surface area contributed by atoms with Crippen molar-refractivity contribution in [2.24, 2.45) is 5.92 Å². The predicted octanol–water partition coefficient (Wildman–Crippen LogP) is 13.4. The van der Waals surface area contributed by atoms with Gasteiger partial charge in [-0.25, -0.2) is 0 Å². The number of hydrogen-bond acceptors (Lipinski definition) is 6. The number of unbranched alkanes of at least 4 members (excludes halogenated alkanes) is 21. The van der Waals surface area contributed by atoms with E-state index in [1.807, 2.05) is 24.3 Å². The third-order valence-electron chi connectivity index (χ3n) is 10.2. The number of carbonyl (C=O) groups excluding carboxylic acids is 2. The Balaban J connectivity index is 3.64. The van der Waals surface area contributed by atoms with Crippen molar-refractivity contribution in [1.82, 2.24) is 0 Å². The third-order valence-corrected chi connectivity index (χ3v) is 10.2. The van der Waals surface area contributed by atoms with Crippen molar-refractivity contribution in [3.05, 3.63) is 48.6 Å². The highest BCUT2D eigenvalue weighted by molar-refractivity contribution is 5.70. The zero-order valence-corrected chi connectivity index (χ0v) is 35.5. The molecule has 0 aliphatic rings. The van der Waals surface area contributed by atoms with Crippen LogP contribution in [0.1, 0.15) is 213 Å². The first-order valence-corrected chi connectivity index (χ1v) is 22.7. The molecule has 0 rings (SSSR count). The minimum Gasteiger partial charge on any atom is -0.462 e. The van der Waals surface area contributed by atoms with E-state index in [9.17, 15) is 19.8 Å². The number of allylic oxidation sites excluding steroid dienone is 6. The van der Waals surface area contributed by atoms with Gasteiger partial charge in [0, 0.05) is 12.8 Å². The highest BCUT2D eigenvalue weighted by Gasteiger charge is 2.16. The molecular weight excluding hydrogens is 673 g/mol. The average Bonchev–Trinajstić information content (AvgIpc) is 3.17.